The quantitative estimate of drug-likeness (QED) is 0.699. The number of anilines is 3. The Balaban J connectivity index is 1.50. The minimum atomic E-state index is -0.202. The highest BCUT2D eigenvalue weighted by atomic mass is 16.1. The summed E-state index contributed by atoms with van der Waals surface area (Å²) in [5.74, 6) is -0.202. The lowest BCUT2D eigenvalue weighted by atomic mass is 9.97. The molecule has 5 nitrogen and oxygen atoms in total. The molecule has 5 heteroatoms. The van der Waals surface area contributed by atoms with Gasteiger partial charge in [0.2, 0.25) is 0 Å². The van der Waals surface area contributed by atoms with Crippen LogP contribution in [0.3, 0.4) is 0 Å². The normalized spacial score (nSPS) is 13.6. The van der Waals surface area contributed by atoms with Gasteiger partial charge in [-0.15, -0.1) is 0 Å². The van der Waals surface area contributed by atoms with E-state index >= 15 is 0 Å². The van der Waals surface area contributed by atoms with E-state index in [4.69, 9.17) is 0 Å². The molecule has 0 radical (unpaired) electrons. The lowest BCUT2D eigenvalue weighted by Gasteiger charge is -2.14. The van der Waals surface area contributed by atoms with Crippen molar-refractivity contribution in [2.75, 3.05) is 36.2 Å². The van der Waals surface area contributed by atoms with E-state index in [1.165, 1.54) is 25.7 Å². The largest absolute Gasteiger partial charge is 0.383 e. The summed E-state index contributed by atoms with van der Waals surface area (Å²) in [6, 6.07) is 11.4. The van der Waals surface area contributed by atoms with Crippen molar-refractivity contribution >= 4 is 23.0 Å². The highest BCUT2D eigenvalue weighted by Crippen LogP contribution is 2.20. The van der Waals surface area contributed by atoms with E-state index in [0.717, 1.165) is 30.0 Å². The van der Waals surface area contributed by atoms with Crippen LogP contribution in [-0.2, 0) is 0 Å². The molecule has 142 valence electrons. The second-order valence-electron chi connectivity index (χ2n) is 7.11. The van der Waals surface area contributed by atoms with Crippen LogP contribution in [-0.4, -0.2) is 31.5 Å². The molecule has 1 heterocycles. The first-order valence-corrected chi connectivity index (χ1v) is 9.58. The fourth-order valence-corrected chi connectivity index (χ4v) is 3.17. The van der Waals surface area contributed by atoms with Gasteiger partial charge in [-0.1, -0.05) is 11.6 Å². The van der Waals surface area contributed by atoms with Crippen molar-refractivity contribution in [1.29, 1.82) is 0 Å². The standard InChI is InChI=1S/C22H28N4O/c1-26(2)20-11-8-18(9-12-20)25-22(27)21-13-10-19(16-24-21)23-15-14-17-6-4-3-5-7-17/h6,8-13,16,23H,3-5,7,14-15H2,1-2H3,(H,25,27). The monoisotopic (exact) mass is 364 g/mol. The zero-order chi connectivity index (χ0) is 19.1. The molecule has 1 amide bonds. The maximum absolute atomic E-state index is 12.4. The average molecular weight is 364 g/mol. The van der Waals surface area contributed by atoms with Gasteiger partial charge in [0.1, 0.15) is 5.69 Å². The zero-order valence-electron chi connectivity index (χ0n) is 16.2. The van der Waals surface area contributed by atoms with Crippen molar-refractivity contribution in [3.05, 3.63) is 59.9 Å². The fourth-order valence-electron chi connectivity index (χ4n) is 3.17. The van der Waals surface area contributed by atoms with Gasteiger partial charge in [-0.2, -0.15) is 0 Å². The Kier molecular flexibility index (Phi) is 6.47. The Hall–Kier alpha value is -2.82. The molecule has 1 aromatic carbocycles. The summed E-state index contributed by atoms with van der Waals surface area (Å²) in [6.45, 7) is 0.900. The molecular weight excluding hydrogens is 336 g/mol. The van der Waals surface area contributed by atoms with Crippen LogP contribution in [0, 0.1) is 0 Å². The lowest BCUT2D eigenvalue weighted by Crippen LogP contribution is -2.14. The van der Waals surface area contributed by atoms with E-state index in [0.29, 0.717) is 5.69 Å². The van der Waals surface area contributed by atoms with Crippen molar-refractivity contribution in [3.63, 3.8) is 0 Å². The molecule has 0 unspecified atom stereocenters. The summed E-state index contributed by atoms with van der Waals surface area (Å²) >= 11 is 0. The summed E-state index contributed by atoms with van der Waals surface area (Å²) in [5.41, 5.74) is 4.75. The van der Waals surface area contributed by atoms with Crippen molar-refractivity contribution in [2.45, 2.75) is 32.1 Å². The molecule has 1 aromatic heterocycles. The van der Waals surface area contributed by atoms with E-state index in [-0.39, 0.29) is 5.91 Å². The number of rotatable bonds is 7. The summed E-state index contributed by atoms with van der Waals surface area (Å²) < 4.78 is 0. The zero-order valence-corrected chi connectivity index (χ0v) is 16.2. The number of carbonyl (C=O) groups is 1. The molecule has 0 aliphatic heterocycles. The van der Waals surface area contributed by atoms with Crippen LogP contribution >= 0.6 is 0 Å². The Labute approximate surface area is 161 Å². The summed E-state index contributed by atoms with van der Waals surface area (Å²) in [5, 5.41) is 6.27. The summed E-state index contributed by atoms with van der Waals surface area (Å²) in [4.78, 5) is 18.7. The Morgan fingerprint density at radius 2 is 1.85 bits per heavy atom. The van der Waals surface area contributed by atoms with Gasteiger partial charge >= 0.3 is 0 Å². The third-order valence-corrected chi connectivity index (χ3v) is 4.80. The second kappa shape index (κ2) is 9.21. The van der Waals surface area contributed by atoms with Gasteiger partial charge in [-0.05, 0) is 68.5 Å². The van der Waals surface area contributed by atoms with Crippen LogP contribution in [0.1, 0.15) is 42.6 Å². The Bertz CT molecular complexity index is 779. The van der Waals surface area contributed by atoms with Gasteiger partial charge in [-0.3, -0.25) is 4.79 Å². The predicted octanol–water partition coefficient (Wildman–Crippen LogP) is 4.70. The summed E-state index contributed by atoms with van der Waals surface area (Å²) in [7, 11) is 3.97. The number of pyridine rings is 1. The third-order valence-electron chi connectivity index (χ3n) is 4.80. The minimum absolute atomic E-state index is 0.202. The second-order valence-corrected chi connectivity index (χ2v) is 7.11. The molecule has 0 saturated heterocycles. The first-order valence-electron chi connectivity index (χ1n) is 9.58. The van der Waals surface area contributed by atoms with E-state index in [2.05, 4.69) is 21.7 Å². The first kappa shape index (κ1) is 19.0. The van der Waals surface area contributed by atoms with Crippen LogP contribution in [0.5, 0.6) is 0 Å². The molecule has 27 heavy (non-hydrogen) atoms. The van der Waals surface area contributed by atoms with Crippen molar-refractivity contribution < 1.29 is 4.79 Å². The molecule has 2 N–H and O–H groups in total. The Morgan fingerprint density at radius 3 is 2.48 bits per heavy atom. The predicted molar refractivity (Wildman–Crippen MR) is 113 cm³/mol. The number of hydrogen-bond donors (Lipinski definition) is 2. The molecule has 0 atom stereocenters. The van der Waals surface area contributed by atoms with Gasteiger partial charge in [0.15, 0.2) is 0 Å². The average Bonchev–Trinajstić information content (AvgIpc) is 2.70. The number of amides is 1. The van der Waals surface area contributed by atoms with Gasteiger partial charge in [0.25, 0.3) is 5.91 Å². The van der Waals surface area contributed by atoms with E-state index in [9.17, 15) is 4.79 Å². The topological polar surface area (TPSA) is 57.3 Å². The lowest BCUT2D eigenvalue weighted by molar-refractivity contribution is 0.102. The molecule has 2 aromatic rings. The third kappa shape index (κ3) is 5.58. The maximum atomic E-state index is 12.4. The van der Waals surface area contributed by atoms with Gasteiger partial charge in [0.05, 0.1) is 11.9 Å². The number of nitrogens with zero attached hydrogens (tertiary/aromatic N) is 2. The molecular formula is C22H28N4O. The minimum Gasteiger partial charge on any atom is -0.383 e. The number of allylic oxidation sites excluding steroid dienone is 1. The number of hydrogen-bond acceptors (Lipinski definition) is 4. The van der Waals surface area contributed by atoms with Crippen LogP contribution in [0.15, 0.2) is 54.2 Å². The highest BCUT2D eigenvalue weighted by molar-refractivity contribution is 6.03. The molecule has 1 aliphatic rings. The molecule has 1 aliphatic carbocycles. The van der Waals surface area contributed by atoms with Gasteiger partial charge in [-0.25, -0.2) is 4.98 Å². The van der Waals surface area contributed by atoms with E-state index in [1.807, 2.05) is 49.3 Å². The molecule has 3 rings (SSSR count). The molecule has 0 fully saturated rings. The van der Waals surface area contributed by atoms with Gasteiger partial charge < -0.3 is 15.5 Å². The van der Waals surface area contributed by atoms with Gasteiger partial charge in [0, 0.05) is 32.0 Å². The summed E-state index contributed by atoms with van der Waals surface area (Å²) in [6.07, 6.45) is 10.3. The maximum Gasteiger partial charge on any atom is 0.274 e. The smallest absolute Gasteiger partial charge is 0.274 e. The molecule has 0 saturated carbocycles. The number of aromatic nitrogens is 1. The molecule has 0 bridgehead atoms. The van der Waals surface area contributed by atoms with Crippen molar-refractivity contribution in [2.24, 2.45) is 0 Å². The Morgan fingerprint density at radius 1 is 1.07 bits per heavy atom. The van der Waals surface area contributed by atoms with Crippen LogP contribution in [0.25, 0.3) is 0 Å². The fraction of sp³-hybridized carbons (Fsp3) is 0.364. The van der Waals surface area contributed by atoms with Crippen LogP contribution in [0.4, 0.5) is 17.1 Å². The van der Waals surface area contributed by atoms with Crippen LogP contribution in [0.2, 0.25) is 0 Å². The van der Waals surface area contributed by atoms with E-state index < -0.39 is 0 Å². The van der Waals surface area contributed by atoms with Crippen LogP contribution < -0.4 is 15.5 Å². The van der Waals surface area contributed by atoms with Crippen molar-refractivity contribution in [1.82, 2.24) is 4.98 Å². The first-order chi connectivity index (χ1) is 13.1. The number of carbonyl (C=O) groups excluding carboxylic acids is 1. The molecule has 0 spiro atoms. The van der Waals surface area contributed by atoms with E-state index in [1.54, 1.807) is 17.8 Å². The number of nitrogens with one attached hydrogen (secondary N) is 2. The number of benzene rings is 1. The highest BCUT2D eigenvalue weighted by Gasteiger charge is 2.08. The SMILES string of the molecule is CN(C)c1ccc(NC(=O)c2ccc(NCCC3=CCCCC3)cn2)cc1. The van der Waals surface area contributed by atoms with Crippen molar-refractivity contribution in [3.8, 4) is 0 Å².